The van der Waals surface area contributed by atoms with E-state index in [1.807, 2.05) is 7.05 Å². The van der Waals surface area contributed by atoms with Gasteiger partial charge in [0.2, 0.25) is 0 Å². The lowest BCUT2D eigenvalue weighted by molar-refractivity contribution is 0.273. The van der Waals surface area contributed by atoms with Crippen LogP contribution in [0.3, 0.4) is 0 Å². The highest BCUT2D eigenvalue weighted by Gasteiger charge is 1.95. The number of aromatic nitrogens is 1. The summed E-state index contributed by atoms with van der Waals surface area (Å²) in [6, 6.07) is 1.75. The first-order valence-corrected chi connectivity index (χ1v) is 2.75. The molecule has 0 bridgehead atoms. The van der Waals surface area contributed by atoms with E-state index in [0.717, 1.165) is 5.69 Å². The predicted molar refractivity (Wildman–Crippen MR) is 35.7 cm³/mol. The molecule has 9 heavy (non-hydrogen) atoms. The number of rotatable bonds is 1. The molecule has 1 rings (SSSR count). The maximum absolute atomic E-state index is 8.66. The SMILES string of the molecule is Cn1cc(N)cc1CO. The van der Waals surface area contributed by atoms with Crippen molar-refractivity contribution in [2.45, 2.75) is 6.61 Å². The summed E-state index contributed by atoms with van der Waals surface area (Å²) in [5.41, 5.74) is 6.96. The Hall–Kier alpha value is -0.960. The Morgan fingerprint density at radius 3 is 2.67 bits per heavy atom. The Kier molecular flexibility index (Phi) is 1.44. The molecular weight excluding hydrogens is 116 g/mol. The van der Waals surface area contributed by atoms with Crippen molar-refractivity contribution in [3.8, 4) is 0 Å². The van der Waals surface area contributed by atoms with Crippen molar-refractivity contribution in [3.63, 3.8) is 0 Å². The topological polar surface area (TPSA) is 51.2 Å². The van der Waals surface area contributed by atoms with Gasteiger partial charge in [0, 0.05) is 24.6 Å². The summed E-state index contributed by atoms with van der Waals surface area (Å²) in [4.78, 5) is 0. The van der Waals surface area contributed by atoms with Crippen LogP contribution in [0.2, 0.25) is 0 Å². The maximum Gasteiger partial charge on any atom is 0.0833 e. The summed E-state index contributed by atoms with van der Waals surface area (Å²) in [6.07, 6.45) is 1.77. The summed E-state index contributed by atoms with van der Waals surface area (Å²) >= 11 is 0. The van der Waals surface area contributed by atoms with Crippen LogP contribution in [-0.2, 0) is 13.7 Å². The summed E-state index contributed by atoms with van der Waals surface area (Å²) < 4.78 is 1.80. The molecular formula is C6H10N2O. The van der Waals surface area contributed by atoms with E-state index in [-0.39, 0.29) is 6.61 Å². The third-order valence-electron chi connectivity index (χ3n) is 1.29. The van der Waals surface area contributed by atoms with Crippen LogP contribution in [0.5, 0.6) is 0 Å². The van der Waals surface area contributed by atoms with Gasteiger partial charge in [0.15, 0.2) is 0 Å². The fourth-order valence-corrected chi connectivity index (χ4v) is 0.795. The van der Waals surface area contributed by atoms with Crippen molar-refractivity contribution in [1.29, 1.82) is 0 Å². The van der Waals surface area contributed by atoms with Crippen LogP contribution in [-0.4, -0.2) is 9.67 Å². The van der Waals surface area contributed by atoms with Gasteiger partial charge in [-0.15, -0.1) is 0 Å². The van der Waals surface area contributed by atoms with Gasteiger partial charge in [0.1, 0.15) is 0 Å². The summed E-state index contributed by atoms with van der Waals surface area (Å²) in [7, 11) is 1.85. The molecule has 0 amide bonds. The zero-order valence-corrected chi connectivity index (χ0v) is 5.33. The molecule has 3 nitrogen and oxygen atoms in total. The van der Waals surface area contributed by atoms with Crippen LogP contribution in [0.15, 0.2) is 12.3 Å². The number of aliphatic hydroxyl groups is 1. The molecule has 1 aromatic heterocycles. The van der Waals surface area contributed by atoms with Gasteiger partial charge in [0.25, 0.3) is 0 Å². The highest BCUT2D eigenvalue weighted by molar-refractivity contribution is 5.38. The maximum atomic E-state index is 8.66. The lowest BCUT2D eigenvalue weighted by atomic mass is 10.4. The Bertz CT molecular complexity index is 205. The van der Waals surface area contributed by atoms with Crippen LogP contribution in [0.25, 0.3) is 0 Å². The number of nitrogens with two attached hydrogens (primary N) is 1. The van der Waals surface area contributed by atoms with Gasteiger partial charge in [-0.2, -0.15) is 0 Å². The van der Waals surface area contributed by atoms with E-state index in [0.29, 0.717) is 5.69 Å². The molecule has 0 aliphatic rings. The molecule has 1 heterocycles. The van der Waals surface area contributed by atoms with Crippen molar-refractivity contribution >= 4 is 5.69 Å². The first-order valence-electron chi connectivity index (χ1n) is 2.75. The predicted octanol–water partition coefficient (Wildman–Crippen LogP) is 0.0996. The molecule has 0 spiro atoms. The van der Waals surface area contributed by atoms with Gasteiger partial charge >= 0.3 is 0 Å². The zero-order valence-electron chi connectivity index (χ0n) is 5.33. The lowest BCUT2D eigenvalue weighted by Crippen LogP contribution is -1.92. The van der Waals surface area contributed by atoms with Gasteiger partial charge in [-0.05, 0) is 6.07 Å². The van der Waals surface area contributed by atoms with E-state index in [1.165, 1.54) is 0 Å². The minimum Gasteiger partial charge on any atom is -0.397 e. The summed E-state index contributed by atoms with van der Waals surface area (Å²) in [5.74, 6) is 0. The number of aryl methyl sites for hydroxylation is 1. The largest absolute Gasteiger partial charge is 0.397 e. The molecule has 0 radical (unpaired) electrons. The third kappa shape index (κ3) is 1.05. The van der Waals surface area contributed by atoms with E-state index < -0.39 is 0 Å². The Morgan fingerprint density at radius 1 is 1.78 bits per heavy atom. The average molecular weight is 126 g/mol. The molecule has 0 unspecified atom stereocenters. The molecule has 3 heteroatoms. The van der Waals surface area contributed by atoms with Crippen LogP contribution >= 0.6 is 0 Å². The van der Waals surface area contributed by atoms with E-state index in [2.05, 4.69) is 0 Å². The molecule has 0 fully saturated rings. The van der Waals surface area contributed by atoms with Crippen LogP contribution in [0.1, 0.15) is 5.69 Å². The first-order chi connectivity index (χ1) is 4.24. The van der Waals surface area contributed by atoms with Crippen molar-refractivity contribution in [2.24, 2.45) is 7.05 Å². The molecule has 50 valence electrons. The number of hydrogen-bond donors (Lipinski definition) is 2. The van der Waals surface area contributed by atoms with E-state index in [4.69, 9.17) is 10.8 Å². The molecule has 0 atom stereocenters. The highest BCUT2D eigenvalue weighted by Crippen LogP contribution is 2.07. The van der Waals surface area contributed by atoms with E-state index >= 15 is 0 Å². The lowest BCUT2D eigenvalue weighted by Gasteiger charge is -1.94. The van der Waals surface area contributed by atoms with Crippen LogP contribution in [0, 0.1) is 0 Å². The van der Waals surface area contributed by atoms with Crippen LogP contribution in [0.4, 0.5) is 5.69 Å². The van der Waals surface area contributed by atoms with E-state index in [1.54, 1.807) is 16.8 Å². The second-order valence-corrected chi connectivity index (χ2v) is 2.03. The Labute approximate surface area is 53.7 Å². The standard InChI is InChI=1S/C6H10N2O/c1-8-3-5(7)2-6(8)4-9/h2-3,9H,4,7H2,1H3. The summed E-state index contributed by atoms with van der Waals surface area (Å²) in [5, 5.41) is 8.66. The van der Waals surface area contributed by atoms with Crippen molar-refractivity contribution in [3.05, 3.63) is 18.0 Å². The van der Waals surface area contributed by atoms with E-state index in [9.17, 15) is 0 Å². The van der Waals surface area contributed by atoms with Crippen LogP contribution < -0.4 is 5.73 Å². The fraction of sp³-hybridized carbons (Fsp3) is 0.333. The van der Waals surface area contributed by atoms with Crippen molar-refractivity contribution < 1.29 is 5.11 Å². The Morgan fingerprint density at radius 2 is 2.44 bits per heavy atom. The molecule has 0 aliphatic carbocycles. The van der Waals surface area contributed by atoms with Gasteiger partial charge < -0.3 is 15.4 Å². The van der Waals surface area contributed by atoms with Crippen molar-refractivity contribution in [1.82, 2.24) is 4.57 Å². The normalized spacial score (nSPS) is 10.0. The number of nitrogens with zero attached hydrogens (tertiary/aromatic N) is 1. The number of anilines is 1. The monoisotopic (exact) mass is 126 g/mol. The minimum absolute atomic E-state index is 0.0493. The smallest absolute Gasteiger partial charge is 0.0833 e. The van der Waals surface area contributed by atoms with Gasteiger partial charge in [-0.3, -0.25) is 0 Å². The first kappa shape index (κ1) is 6.16. The average Bonchev–Trinajstić information content (AvgIpc) is 2.10. The Balaban J connectivity index is 3.01. The molecule has 3 N–H and O–H groups in total. The number of nitrogen functional groups attached to an aromatic ring is 1. The number of aliphatic hydroxyl groups excluding tert-OH is 1. The quantitative estimate of drug-likeness (QED) is 0.560. The highest BCUT2D eigenvalue weighted by atomic mass is 16.3. The number of hydrogen-bond acceptors (Lipinski definition) is 2. The van der Waals surface area contributed by atoms with Gasteiger partial charge in [-0.1, -0.05) is 0 Å². The second-order valence-electron chi connectivity index (χ2n) is 2.03. The van der Waals surface area contributed by atoms with Gasteiger partial charge in [-0.25, -0.2) is 0 Å². The zero-order chi connectivity index (χ0) is 6.85. The minimum atomic E-state index is 0.0493. The second kappa shape index (κ2) is 2.11. The van der Waals surface area contributed by atoms with Crippen molar-refractivity contribution in [2.75, 3.05) is 5.73 Å². The summed E-state index contributed by atoms with van der Waals surface area (Å²) in [6.45, 7) is 0.0493. The fourth-order valence-electron chi connectivity index (χ4n) is 0.795. The molecule has 1 aromatic rings. The molecule has 0 saturated heterocycles. The van der Waals surface area contributed by atoms with Gasteiger partial charge in [0.05, 0.1) is 6.61 Å². The molecule has 0 aliphatic heterocycles. The molecule has 0 aromatic carbocycles. The third-order valence-corrected chi connectivity index (χ3v) is 1.29. The molecule has 0 saturated carbocycles.